The third kappa shape index (κ3) is 5.85. The highest BCUT2D eigenvalue weighted by atomic mass is 32.2. The Kier molecular flexibility index (Phi) is 8.02. The molecule has 10 heteroatoms. The Balaban J connectivity index is 1.85. The van der Waals surface area contributed by atoms with Gasteiger partial charge in [0.05, 0.1) is 11.1 Å². The number of hydrogen-bond donors (Lipinski definition) is 1. The van der Waals surface area contributed by atoms with Crippen molar-refractivity contribution in [3.05, 3.63) is 64.7 Å². The first-order valence-corrected chi connectivity index (χ1v) is 12.1. The molecule has 2 heterocycles. The molecule has 0 spiro atoms. The molecule has 0 aliphatic carbocycles. The Labute approximate surface area is 193 Å². The second-order valence-corrected chi connectivity index (χ2v) is 9.81. The van der Waals surface area contributed by atoms with Gasteiger partial charge >= 0.3 is 6.18 Å². The van der Waals surface area contributed by atoms with Crippen LogP contribution in [0.25, 0.3) is 0 Å². The minimum Gasteiger partial charge on any atom is -0.598 e. The van der Waals surface area contributed by atoms with Gasteiger partial charge in [-0.2, -0.15) is 13.2 Å². The van der Waals surface area contributed by atoms with E-state index in [0.29, 0.717) is 43.4 Å². The van der Waals surface area contributed by atoms with Crippen LogP contribution in [0.1, 0.15) is 53.5 Å². The number of carbonyl (C=O) groups excluding carboxylic acids is 1. The Morgan fingerprint density at radius 2 is 1.88 bits per heavy atom. The number of carbonyl (C=O) groups is 1. The summed E-state index contributed by atoms with van der Waals surface area (Å²) in [5.74, 6) is -1.79. The van der Waals surface area contributed by atoms with Crippen LogP contribution in [-0.4, -0.2) is 45.1 Å². The smallest absolute Gasteiger partial charge is 0.417 e. The van der Waals surface area contributed by atoms with Crippen LogP contribution in [0, 0.1) is 12.7 Å². The summed E-state index contributed by atoms with van der Waals surface area (Å²) in [6.45, 7) is 4.76. The summed E-state index contributed by atoms with van der Waals surface area (Å²) in [5, 5.41) is 2.54. The van der Waals surface area contributed by atoms with Crippen LogP contribution in [0.5, 0.6) is 0 Å². The first kappa shape index (κ1) is 25.5. The van der Waals surface area contributed by atoms with Crippen molar-refractivity contribution in [1.29, 1.82) is 0 Å². The quantitative estimate of drug-likeness (QED) is 0.467. The van der Waals surface area contributed by atoms with Gasteiger partial charge < -0.3 is 9.87 Å². The van der Waals surface area contributed by atoms with Gasteiger partial charge in [0.1, 0.15) is 11.6 Å². The number of alkyl halides is 3. The molecule has 1 unspecified atom stereocenters. The van der Waals surface area contributed by atoms with E-state index in [2.05, 4.69) is 10.3 Å². The molecule has 1 fully saturated rings. The van der Waals surface area contributed by atoms with Crippen LogP contribution in [-0.2, 0) is 23.0 Å². The number of nitrogens with one attached hydrogen (secondary N) is 1. The molecule has 1 atom stereocenters. The molecule has 2 aromatic rings. The van der Waals surface area contributed by atoms with Gasteiger partial charge in [-0.15, -0.1) is 4.31 Å². The van der Waals surface area contributed by atoms with E-state index in [0.717, 1.165) is 24.2 Å². The number of benzene rings is 1. The van der Waals surface area contributed by atoms with Gasteiger partial charge in [-0.1, -0.05) is 19.1 Å². The van der Waals surface area contributed by atoms with Crippen molar-refractivity contribution >= 4 is 17.3 Å². The number of aryl methyl sites for hydroxylation is 1. The van der Waals surface area contributed by atoms with E-state index in [-0.39, 0.29) is 6.54 Å². The van der Waals surface area contributed by atoms with Gasteiger partial charge in [0, 0.05) is 47.8 Å². The number of aromatic nitrogens is 1. The molecule has 1 saturated heterocycles. The fourth-order valence-corrected chi connectivity index (χ4v) is 5.31. The van der Waals surface area contributed by atoms with Gasteiger partial charge in [-0.3, -0.25) is 9.78 Å². The number of pyridine rings is 1. The predicted molar refractivity (Wildman–Crippen MR) is 118 cm³/mol. The van der Waals surface area contributed by atoms with Crippen molar-refractivity contribution in [1.82, 2.24) is 14.6 Å². The minimum atomic E-state index is -4.86. The molecule has 0 saturated carbocycles. The van der Waals surface area contributed by atoms with Crippen molar-refractivity contribution in [2.75, 3.05) is 25.4 Å². The van der Waals surface area contributed by atoms with E-state index in [4.69, 9.17) is 0 Å². The normalized spacial score (nSPS) is 17.5. The van der Waals surface area contributed by atoms with E-state index < -0.39 is 45.8 Å². The monoisotopic (exact) mass is 485 g/mol. The molecule has 1 aliphatic heterocycles. The highest BCUT2D eigenvalue weighted by Crippen LogP contribution is 2.36. The van der Waals surface area contributed by atoms with Crippen LogP contribution < -0.4 is 5.32 Å². The lowest BCUT2D eigenvalue weighted by Crippen LogP contribution is -2.51. The molecule has 1 aliphatic rings. The predicted octanol–water partition coefficient (Wildman–Crippen LogP) is 4.39. The fourth-order valence-electron chi connectivity index (χ4n) is 4.11. The summed E-state index contributed by atoms with van der Waals surface area (Å²) in [6.07, 6.45) is -3.07. The molecule has 33 heavy (non-hydrogen) atoms. The van der Waals surface area contributed by atoms with Gasteiger partial charge in [0.25, 0.3) is 5.91 Å². The number of halogens is 4. The topological polar surface area (TPSA) is 68.3 Å². The third-order valence-electron chi connectivity index (χ3n) is 5.91. The first-order chi connectivity index (χ1) is 15.6. The average Bonchev–Trinajstić information content (AvgIpc) is 2.77. The molecule has 0 radical (unpaired) electrons. The number of amides is 1. The number of hydrogen-bond acceptors (Lipinski definition) is 4. The lowest BCUT2D eigenvalue weighted by Gasteiger charge is -2.41. The van der Waals surface area contributed by atoms with Crippen molar-refractivity contribution in [2.45, 2.75) is 44.7 Å². The SMILES string of the molecule is CCC[S+]([O-])N1CCC(CNC(=O)c2c(F)cccc2C(F)(F)F)(c2cccc(C)n2)CC1. The fraction of sp³-hybridized carbons (Fsp3) is 0.478. The van der Waals surface area contributed by atoms with Gasteiger partial charge in [-0.05, 0) is 50.5 Å². The molecule has 5 nitrogen and oxygen atoms in total. The molecular formula is C23H27F4N3O2S. The lowest BCUT2D eigenvalue weighted by molar-refractivity contribution is -0.138. The maximum Gasteiger partial charge on any atom is 0.417 e. The summed E-state index contributed by atoms with van der Waals surface area (Å²) < 4.78 is 68.6. The van der Waals surface area contributed by atoms with Crippen LogP contribution in [0.2, 0.25) is 0 Å². The van der Waals surface area contributed by atoms with E-state index in [1.807, 2.05) is 36.4 Å². The molecule has 1 aromatic carbocycles. The molecule has 1 N–H and O–H groups in total. The van der Waals surface area contributed by atoms with Crippen molar-refractivity contribution in [3.8, 4) is 0 Å². The van der Waals surface area contributed by atoms with Gasteiger partial charge in [0.2, 0.25) is 0 Å². The van der Waals surface area contributed by atoms with Crippen LogP contribution in [0.4, 0.5) is 17.6 Å². The van der Waals surface area contributed by atoms with Crippen molar-refractivity contribution in [2.24, 2.45) is 0 Å². The number of rotatable bonds is 7. The van der Waals surface area contributed by atoms with Crippen LogP contribution in [0.15, 0.2) is 36.4 Å². The molecule has 3 rings (SSSR count). The maximum atomic E-state index is 14.3. The Morgan fingerprint density at radius 1 is 1.21 bits per heavy atom. The Hall–Kier alpha value is -2.17. The number of piperidine rings is 1. The molecular weight excluding hydrogens is 458 g/mol. The maximum absolute atomic E-state index is 14.3. The average molecular weight is 486 g/mol. The number of nitrogens with zero attached hydrogens (tertiary/aromatic N) is 2. The van der Waals surface area contributed by atoms with Crippen molar-refractivity contribution in [3.63, 3.8) is 0 Å². The Bertz CT molecular complexity index is 978. The molecule has 0 bridgehead atoms. The zero-order valence-corrected chi connectivity index (χ0v) is 19.4. The summed E-state index contributed by atoms with van der Waals surface area (Å²) in [4.78, 5) is 17.3. The summed E-state index contributed by atoms with van der Waals surface area (Å²) in [5.41, 5.74) is -1.53. The van der Waals surface area contributed by atoms with Crippen LogP contribution >= 0.6 is 0 Å². The largest absolute Gasteiger partial charge is 0.598 e. The van der Waals surface area contributed by atoms with Gasteiger partial charge in [-0.25, -0.2) is 4.39 Å². The van der Waals surface area contributed by atoms with Crippen molar-refractivity contribution < 1.29 is 26.9 Å². The third-order valence-corrected chi connectivity index (χ3v) is 7.61. The van der Waals surface area contributed by atoms with E-state index >= 15 is 0 Å². The standard InChI is InChI=1S/C23H27F4N3O2S/c1-3-14-33(32)30-12-10-22(11-13-30,19-9-4-6-16(2)29-19)15-28-21(31)20-17(23(25,26)27)7-5-8-18(20)24/h4-9H,3,10-15H2,1-2H3,(H,28,31). The summed E-state index contributed by atoms with van der Waals surface area (Å²) >= 11 is -1.11. The zero-order valence-electron chi connectivity index (χ0n) is 18.5. The lowest BCUT2D eigenvalue weighted by atomic mass is 9.75. The van der Waals surface area contributed by atoms with E-state index in [1.54, 1.807) is 0 Å². The summed E-state index contributed by atoms with van der Waals surface area (Å²) in [7, 11) is 0. The van der Waals surface area contributed by atoms with Crippen LogP contribution in [0.3, 0.4) is 0 Å². The second-order valence-electron chi connectivity index (χ2n) is 8.24. The van der Waals surface area contributed by atoms with Gasteiger partial charge in [0.15, 0.2) is 0 Å². The minimum absolute atomic E-state index is 0.0117. The molecule has 180 valence electrons. The second kappa shape index (κ2) is 10.4. The molecule has 1 amide bonds. The van der Waals surface area contributed by atoms with E-state index in [9.17, 15) is 26.9 Å². The molecule has 1 aromatic heterocycles. The summed E-state index contributed by atoms with van der Waals surface area (Å²) in [6, 6.07) is 7.94. The zero-order chi connectivity index (χ0) is 24.2. The first-order valence-electron chi connectivity index (χ1n) is 10.8. The van der Waals surface area contributed by atoms with E-state index in [1.165, 1.54) is 0 Å². The highest BCUT2D eigenvalue weighted by Gasteiger charge is 2.42. The highest BCUT2D eigenvalue weighted by molar-refractivity contribution is 7.89. The Morgan fingerprint density at radius 3 is 2.48 bits per heavy atom.